The van der Waals surface area contributed by atoms with E-state index in [0.717, 1.165) is 12.1 Å². The lowest BCUT2D eigenvalue weighted by Crippen LogP contribution is -1.92. The normalized spacial score (nSPS) is 9.92. The molecule has 1 aromatic carbocycles. The molecule has 1 aromatic rings. The van der Waals surface area contributed by atoms with Crippen molar-refractivity contribution in [2.75, 3.05) is 0 Å². The standard InChI is InChI=1S/C8H5BrF2O/c9-6-4-8(11)7(10)3-5(6)1-2-12/h2-4H,1H2. The molecule has 0 N–H and O–H groups in total. The minimum atomic E-state index is -0.935. The van der Waals surface area contributed by atoms with Gasteiger partial charge in [0.25, 0.3) is 0 Å². The first kappa shape index (κ1) is 9.32. The molecule has 0 radical (unpaired) electrons. The number of carbonyl (C=O) groups is 1. The highest BCUT2D eigenvalue weighted by atomic mass is 79.9. The van der Waals surface area contributed by atoms with Gasteiger partial charge in [0.2, 0.25) is 0 Å². The van der Waals surface area contributed by atoms with E-state index in [-0.39, 0.29) is 6.42 Å². The molecule has 4 heteroatoms. The molecule has 1 rings (SSSR count). The molecule has 12 heavy (non-hydrogen) atoms. The Morgan fingerprint density at radius 3 is 2.50 bits per heavy atom. The molecule has 0 aliphatic carbocycles. The van der Waals surface area contributed by atoms with Gasteiger partial charge < -0.3 is 4.79 Å². The van der Waals surface area contributed by atoms with Crippen LogP contribution in [0.3, 0.4) is 0 Å². The van der Waals surface area contributed by atoms with Gasteiger partial charge >= 0.3 is 0 Å². The summed E-state index contributed by atoms with van der Waals surface area (Å²) < 4.78 is 25.5. The Labute approximate surface area is 76.5 Å². The van der Waals surface area contributed by atoms with Gasteiger partial charge in [-0.15, -0.1) is 0 Å². The summed E-state index contributed by atoms with van der Waals surface area (Å²) in [5.74, 6) is -1.86. The lowest BCUT2D eigenvalue weighted by atomic mass is 10.1. The second-order valence-corrected chi connectivity index (χ2v) is 3.08. The van der Waals surface area contributed by atoms with Gasteiger partial charge in [0, 0.05) is 10.9 Å². The summed E-state index contributed by atoms with van der Waals surface area (Å²) in [5, 5.41) is 0. The fraction of sp³-hybridized carbons (Fsp3) is 0.125. The Bertz CT molecular complexity index is 312. The molecule has 0 saturated carbocycles. The molecule has 0 amide bonds. The maximum Gasteiger partial charge on any atom is 0.159 e. The Balaban J connectivity index is 3.13. The molecule has 0 spiro atoms. The molecule has 0 unspecified atom stereocenters. The Kier molecular flexibility index (Phi) is 2.92. The van der Waals surface area contributed by atoms with Gasteiger partial charge in [-0.3, -0.25) is 0 Å². The van der Waals surface area contributed by atoms with Crippen LogP contribution in [0, 0.1) is 11.6 Å². The van der Waals surface area contributed by atoms with Gasteiger partial charge in [-0.05, 0) is 17.7 Å². The smallest absolute Gasteiger partial charge is 0.159 e. The topological polar surface area (TPSA) is 17.1 Å². The zero-order chi connectivity index (χ0) is 9.14. The van der Waals surface area contributed by atoms with Crippen molar-refractivity contribution in [3.05, 3.63) is 33.8 Å². The van der Waals surface area contributed by atoms with Crippen molar-refractivity contribution in [1.29, 1.82) is 0 Å². The van der Waals surface area contributed by atoms with Crippen LogP contribution in [-0.4, -0.2) is 6.29 Å². The molecule has 64 valence electrons. The van der Waals surface area contributed by atoms with Crippen LogP contribution in [-0.2, 0) is 11.2 Å². The number of hydrogen-bond acceptors (Lipinski definition) is 1. The van der Waals surface area contributed by atoms with E-state index >= 15 is 0 Å². The number of benzene rings is 1. The summed E-state index contributed by atoms with van der Waals surface area (Å²) in [6.07, 6.45) is 0.717. The van der Waals surface area contributed by atoms with Crippen LogP contribution >= 0.6 is 15.9 Å². The molecule has 0 saturated heterocycles. The maximum atomic E-state index is 12.6. The second-order valence-electron chi connectivity index (χ2n) is 2.23. The van der Waals surface area contributed by atoms with Crippen LogP contribution in [0.15, 0.2) is 16.6 Å². The molecule has 1 nitrogen and oxygen atoms in total. The molecule has 0 atom stereocenters. The average Bonchev–Trinajstić information content (AvgIpc) is 2.01. The van der Waals surface area contributed by atoms with E-state index in [2.05, 4.69) is 15.9 Å². The fourth-order valence-corrected chi connectivity index (χ4v) is 1.29. The lowest BCUT2D eigenvalue weighted by molar-refractivity contribution is -0.107. The highest BCUT2D eigenvalue weighted by Crippen LogP contribution is 2.20. The summed E-state index contributed by atoms with van der Waals surface area (Å²) in [6, 6.07) is 2.02. The van der Waals surface area contributed by atoms with Crippen LogP contribution in [0.4, 0.5) is 8.78 Å². The van der Waals surface area contributed by atoms with E-state index in [1.807, 2.05) is 0 Å². The molecular weight excluding hydrogens is 230 g/mol. The zero-order valence-corrected chi connectivity index (χ0v) is 7.57. The van der Waals surface area contributed by atoms with E-state index in [1.54, 1.807) is 0 Å². The summed E-state index contributed by atoms with van der Waals surface area (Å²) in [7, 11) is 0. The molecule has 0 heterocycles. The van der Waals surface area contributed by atoms with Crippen molar-refractivity contribution < 1.29 is 13.6 Å². The quantitative estimate of drug-likeness (QED) is 0.568. The first-order chi connectivity index (χ1) is 5.65. The predicted octanol–water partition coefficient (Wildman–Crippen LogP) is 2.47. The number of carbonyl (C=O) groups excluding carboxylic acids is 1. The van der Waals surface area contributed by atoms with Crippen LogP contribution < -0.4 is 0 Å². The third kappa shape index (κ3) is 1.88. The van der Waals surface area contributed by atoms with Gasteiger partial charge in [-0.1, -0.05) is 15.9 Å². The molecular formula is C8H5BrF2O. The Hall–Kier alpha value is -0.770. The molecule has 0 aliphatic rings. The van der Waals surface area contributed by atoms with E-state index in [4.69, 9.17) is 0 Å². The molecule has 0 bridgehead atoms. The first-order valence-corrected chi connectivity index (χ1v) is 4.01. The van der Waals surface area contributed by atoms with Gasteiger partial charge in [0.1, 0.15) is 6.29 Å². The Morgan fingerprint density at radius 2 is 1.92 bits per heavy atom. The summed E-state index contributed by atoms with van der Waals surface area (Å²) >= 11 is 3.02. The molecule has 0 aliphatic heterocycles. The van der Waals surface area contributed by atoms with Crippen LogP contribution in [0.5, 0.6) is 0 Å². The molecule has 0 aromatic heterocycles. The number of rotatable bonds is 2. The van der Waals surface area contributed by atoms with Crippen molar-refractivity contribution in [3.8, 4) is 0 Å². The minimum absolute atomic E-state index is 0.0811. The van der Waals surface area contributed by atoms with Crippen molar-refractivity contribution in [2.45, 2.75) is 6.42 Å². The van der Waals surface area contributed by atoms with Gasteiger partial charge in [0.05, 0.1) is 0 Å². The van der Waals surface area contributed by atoms with Crippen molar-refractivity contribution in [1.82, 2.24) is 0 Å². The lowest BCUT2D eigenvalue weighted by Gasteiger charge is -2.00. The summed E-state index contributed by atoms with van der Waals surface area (Å²) in [6.45, 7) is 0. The second kappa shape index (κ2) is 3.76. The van der Waals surface area contributed by atoms with Crippen LogP contribution in [0.25, 0.3) is 0 Å². The van der Waals surface area contributed by atoms with Crippen molar-refractivity contribution in [2.24, 2.45) is 0 Å². The highest BCUT2D eigenvalue weighted by molar-refractivity contribution is 9.10. The Morgan fingerprint density at radius 1 is 1.33 bits per heavy atom. The van der Waals surface area contributed by atoms with E-state index < -0.39 is 11.6 Å². The van der Waals surface area contributed by atoms with Gasteiger partial charge in [-0.25, -0.2) is 8.78 Å². The van der Waals surface area contributed by atoms with Crippen molar-refractivity contribution in [3.63, 3.8) is 0 Å². The number of hydrogen-bond donors (Lipinski definition) is 0. The van der Waals surface area contributed by atoms with E-state index in [9.17, 15) is 13.6 Å². The van der Waals surface area contributed by atoms with Gasteiger partial charge in [0.15, 0.2) is 11.6 Å². The van der Waals surface area contributed by atoms with Crippen LogP contribution in [0.2, 0.25) is 0 Å². The minimum Gasteiger partial charge on any atom is -0.303 e. The monoisotopic (exact) mass is 234 g/mol. The van der Waals surface area contributed by atoms with E-state index in [0.29, 0.717) is 16.3 Å². The van der Waals surface area contributed by atoms with Gasteiger partial charge in [-0.2, -0.15) is 0 Å². The SMILES string of the molecule is O=CCc1cc(F)c(F)cc1Br. The third-order valence-corrected chi connectivity index (χ3v) is 2.13. The summed E-state index contributed by atoms with van der Waals surface area (Å²) in [4.78, 5) is 10.1. The number of aldehydes is 1. The molecule has 0 fully saturated rings. The average molecular weight is 235 g/mol. The highest BCUT2D eigenvalue weighted by Gasteiger charge is 2.06. The summed E-state index contributed by atoms with van der Waals surface area (Å²) in [5.41, 5.74) is 0.448. The third-order valence-electron chi connectivity index (χ3n) is 1.39. The predicted molar refractivity (Wildman–Crippen MR) is 43.8 cm³/mol. The fourth-order valence-electron chi connectivity index (χ4n) is 0.810. The van der Waals surface area contributed by atoms with Crippen molar-refractivity contribution >= 4 is 22.2 Å². The number of halogens is 3. The van der Waals surface area contributed by atoms with Crippen LogP contribution in [0.1, 0.15) is 5.56 Å². The first-order valence-electron chi connectivity index (χ1n) is 3.22. The maximum absolute atomic E-state index is 12.6. The largest absolute Gasteiger partial charge is 0.303 e. The zero-order valence-electron chi connectivity index (χ0n) is 5.98. The van der Waals surface area contributed by atoms with E-state index in [1.165, 1.54) is 0 Å².